The van der Waals surface area contributed by atoms with Crippen molar-refractivity contribution in [1.82, 2.24) is 10.2 Å². The molecule has 0 heterocycles. The summed E-state index contributed by atoms with van der Waals surface area (Å²) in [5.41, 5.74) is 0.954. The van der Waals surface area contributed by atoms with Crippen LogP contribution in [-0.2, 0) is 26.2 Å². The van der Waals surface area contributed by atoms with Crippen molar-refractivity contribution >= 4 is 39.1 Å². The number of methoxy groups -OCH3 is 1. The quantitative estimate of drug-likeness (QED) is 0.517. The number of anilines is 1. The molecule has 0 fully saturated rings. The Hall–Kier alpha value is -2.78. The normalized spacial score (nSPS) is 12.0. The molecule has 0 aliphatic heterocycles. The van der Waals surface area contributed by atoms with Crippen molar-refractivity contribution in [3.05, 3.63) is 59.1 Å². The van der Waals surface area contributed by atoms with Gasteiger partial charge in [-0.1, -0.05) is 48.9 Å². The van der Waals surface area contributed by atoms with E-state index in [4.69, 9.17) is 16.3 Å². The zero-order chi connectivity index (χ0) is 24.6. The summed E-state index contributed by atoms with van der Waals surface area (Å²) in [6.07, 6.45) is 1.75. The van der Waals surface area contributed by atoms with Crippen LogP contribution in [0, 0.1) is 0 Å². The average Bonchev–Trinajstić information content (AvgIpc) is 2.78. The number of halogens is 1. The standard InChI is InChI=1S/C23H30ClN3O5S/c1-5-13-25-23(29)17(2)26(15-18-9-7-6-8-10-18)22(28)16-27(33(4,30)31)20-14-19(24)11-12-21(20)32-3/h6-12,14,17H,5,13,15-16H2,1-4H3,(H,25,29)/t17-/m0/s1. The molecule has 8 nitrogen and oxygen atoms in total. The van der Waals surface area contributed by atoms with E-state index in [1.54, 1.807) is 13.0 Å². The van der Waals surface area contributed by atoms with Gasteiger partial charge in [-0.15, -0.1) is 0 Å². The van der Waals surface area contributed by atoms with Gasteiger partial charge in [0, 0.05) is 18.1 Å². The zero-order valence-corrected chi connectivity index (χ0v) is 20.8. The second-order valence-electron chi connectivity index (χ2n) is 7.56. The highest BCUT2D eigenvalue weighted by molar-refractivity contribution is 7.92. The molecule has 0 radical (unpaired) electrons. The van der Waals surface area contributed by atoms with Gasteiger partial charge in [-0.25, -0.2) is 8.42 Å². The van der Waals surface area contributed by atoms with Crippen molar-refractivity contribution in [3.8, 4) is 5.75 Å². The van der Waals surface area contributed by atoms with E-state index in [1.807, 2.05) is 37.3 Å². The Morgan fingerprint density at radius 2 is 1.82 bits per heavy atom. The second-order valence-corrected chi connectivity index (χ2v) is 9.90. The van der Waals surface area contributed by atoms with E-state index in [-0.39, 0.29) is 23.9 Å². The molecule has 10 heteroatoms. The van der Waals surface area contributed by atoms with Crippen LogP contribution < -0.4 is 14.4 Å². The SMILES string of the molecule is CCCNC(=O)[C@H](C)N(Cc1ccccc1)C(=O)CN(c1cc(Cl)ccc1OC)S(C)(=O)=O. The van der Waals surface area contributed by atoms with E-state index in [0.29, 0.717) is 11.6 Å². The highest BCUT2D eigenvalue weighted by Gasteiger charge is 2.31. The van der Waals surface area contributed by atoms with Crippen LogP contribution in [0.4, 0.5) is 5.69 Å². The second kappa shape index (κ2) is 11.9. The molecule has 1 N–H and O–H groups in total. The molecule has 0 bridgehead atoms. The van der Waals surface area contributed by atoms with Gasteiger partial charge >= 0.3 is 0 Å². The van der Waals surface area contributed by atoms with Crippen LogP contribution in [0.2, 0.25) is 5.02 Å². The van der Waals surface area contributed by atoms with Crippen molar-refractivity contribution in [2.24, 2.45) is 0 Å². The van der Waals surface area contributed by atoms with Crippen molar-refractivity contribution in [3.63, 3.8) is 0 Å². The molecule has 2 aromatic carbocycles. The first-order valence-electron chi connectivity index (χ1n) is 10.5. The molecule has 180 valence electrons. The number of carbonyl (C=O) groups is 2. The summed E-state index contributed by atoms with van der Waals surface area (Å²) >= 11 is 6.09. The number of carbonyl (C=O) groups excluding carboxylic acids is 2. The van der Waals surface area contributed by atoms with E-state index in [9.17, 15) is 18.0 Å². The van der Waals surface area contributed by atoms with E-state index in [0.717, 1.165) is 22.5 Å². The Morgan fingerprint density at radius 3 is 2.39 bits per heavy atom. The first kappa shape index (κ1) is 26.5. The van der Waals surface area contributed by atoms with Gasteiger partial charge in [0.25, 0.3) is 0 Å². The molecular weight excluding hydrogens is 466 g/mol. The number of benzene rings is 2. The van der Waals surface area contributed by atoms with E-state index in [2.05, 4.69) is 5.32 Å². The molecule has 33 heavy (non-hydrogen) atoms. The number of ether oxygens (including phenoxy) is 1. The lowest BCUT2D eigenvalue weighted by atomic mass is 10.1. The van der Waals surface area contributed by atoms with Crippen molar-refractivity contribution in [2.75, 3.05) is 30.8 Å². The Kier molecular flexibility index (Phi) is 9.55. The van der Waals surface area contributed by atoms with Crippen molar-refractivity contribution in [2.45, 2.75) is 32.9 Å². The first-order chi connectivity index (χ1) is 15.6. The maximum absolute atomic E-state index is 13.4. The average molecular weight is 496 g/mol. The summed E-state index contributed by atoms with van der Waals surface area (Å²) in [4.78, 5) is 27.5. The Balaban J connectivity index is 2.42. The third kappa shape index (κ3) is 7.36. The van der Waals surface area contributed by atoms with Crippen LogP contribution in [0.25, 0.3) is 0 Å². The molecule has 0 unspecified atom stereocenters. The molecule has 0 aromatic heterocycles. The number of rotatable bonds is 11. The molecule has 1 atom stereocenters. The summed E-state index contributed by atoms with van der Waals surface area (Å²) in [7, 11) is -2.48. The number of amides is 2. The number of sulfonamides is 1. The predicted molar refractivity (Wildman–Crippen MR) is 130 cm³/mol. The van der Waals surface area contributed by atoms with Crippen LogP contribution >= 0.6 is 11.6 Å². The van der Waals surface area contributed by atoms with Gasteiger partial charge in [-0.3, -0.25) is 13.9 Å². The van der Waals surface area contributed by atoms with Gasteiger partial charge in [0.05, 0.1) is 19.1 Å². The van der Waals surface area contributed by atoms with Gasteiger partial charge in [0.1, 0.15) is 18.3 Å². The van der Waals surface area contributed by atoms with Gasteiger partial charge in [-0.2, -0.15) is 0 Å². The Bertz CT molecular complexity index is 1060. The van der Waals surface area contributed by atoms with E-state index in [1.165, 1.54) is 24.1 Å². The highest BCUT2D eigenvalue weighted by atomic mass is 35.5. The summed E-state index contributed by atoms with van der Waals surface area (Å²) in [6, 6.07) is 12.9. The lowest BCUT2D eigenvalue weighted by Gasteiger charge is -2.31. The molecular formula is C23H30ClN3O5S. The largest absolute Gasteiger partial charge is 0.495 e. The van der Waals surface area contributed by atoms with Gasteiger partial charge in [-0.05, 0) is 37.1 Å². The lowest BCUT2D eigenvalue weighted by molar-refractivity contribution is -0.139. The number of hydrogen-bond donors (Lipinski definition) is 1. The van der Waals surface area contributed by atoms with Crippen LogP contribution in [0.1, 0.15) is 25.8 Å². The highest BCUT2D eigenvalue weighted by Crippen LogP contribution is 2.33. The minimum absolute atomic E-state index is 0.142. The molecule has 2 amide bonds. The lowest BCUT2D eigenvalue weighted by Crippen LogP contribution is -2.51. The zero-order valence-electron chi connectivity index (χ0n) is 19.2. The molecule has 2 aromatic rings. The smallest absolute Gasteiger partial charge is 0.244 e. The fraction of sp³-hybridized carbons (Fsp3) is 0.391. The fourth-order valence-corrected chi connectivity index (χ4v) is 4.22. The minimum atomic E-state index is -3.88. The van der Waals surface area contributed by atoms with Crippen LogP contribution in [0.3, 0.4) is 0 Å². The van der Waals surface area contributed by atoms with Crippen LogP contribution in [0.5, 0.6) is 5.75 Å². The third-order valence-corrected chi connectivity index (χ3v) is 6.36. The number of hydrogen-bond acceptors (Lipinski definition) is 5. The van der Waals surface area contributed by atoms with Crippen molar-refractivity contribution in [1.29, 1.82) is 0 Å². The van der Waals surface area contributed by atoms with Gasteiger partial charge in [0.2, 0.25) is 21.8 Å². The summed E-state index contributed by atoms with van der Waals surface area (Å²) in [5, 5.41) is 3.08. The minimum Gasteiger partial charge on any atom is -0.495 e. The summed E-state index contributed by atoms with van der Waals surface area (Å²) in [5.74, 6) is -0.598. The molecule has 0 saturated heterocycles. The summed E-state index contributed by atoms with van der Waals surface area (Å²) in [6.45, 7) is 3.65. The monoisotopic (exact) mass is 495 g/mol. The number of nitrogens with one attached hydrogen (secondary N) is 1. The topological polar surface area (TPSA) is 96.0 Å². The fourth-order valence-electron chi connectivity index (χ4n) is 3.21. The number of nitrogens with zero attached hydrogens (tertiary/aromatic N) is 2. The van der Waals surface area contributed by atoms with Crippen molar-refractivity contribution < 1.29 is 22.7 Å². The summed E-state index contributed by atoms with van der Waals surface area (Å²) < 4.78 is 31.5. The van der Waals surface area contributed by atoms with Crippen LogP contribution in [-0.4, -0.2) is 57.6 Å². The Labute approximate surface area is 200 Å². The molecule has 0 aliphatic carbocycles. The maximum Gasteiger partial charge on any atom is 0.244 e. The predicted octanol–water partition coefficient (Wildman–Crippen LogP) is 3.06. The molecule has 0 saturated carbocycles. The Morgan fingerprint density at radius 1 is 1.15 bits per heavy atom. The maximum atomic E-state index is 13.4. The molecule has 0 aliphatic rings. The molecule has 0 spiro atoms. The van der Waals surface area contributed by atoms with Gasteiger partial charge in [0.15, 0.2) is 0 Å². The van der Waals surface area contributed by atoms with E-state index >= 15 is 0 Å². The first-order valence-corrected chi connectivity index (χ1v) is 12.7. The third-order valence-electron chi connectivity index (χ3n) is 5.00. The van der Waals surface area contributed by atoms with E-state index < -0.39 is 28.5 Å². The van der Waals surface area contributed by atoms with Gasteiger partial charge < -0.3 is 15.0 Å². The van der Waals surface area contributed by atoms with Crippen LogP contribution in [0.15, 0.2) is 48.5 Å². The molecule has 2 rings (SSSR count).